The van der Waals surface area contributed by atoms with Gasteiger partial charge in [0.1, 0.15) is 6.61 Å². The van der Waals surface area contributed by atoms with Crippen LogP contribution >= 0.6 is 34.8 Å². The fraction of sp³-hybridized carbons (Fsp3) is 0.391. The van der Waals surface area contributed by atoms with E-state index in [1.165, 1.54) is 4.57 Å². The monoisotopic (exact) mass is 514 g/mol. The summed E-state index contributed by atoms with van der Waals surface area (Å²) in [6, 6.07) is 11.9. The summed E-state index contributed by atoms with van der Waals surface area (Å²) in [6.45, 7) is 5.96. The van der Waals surface area contributed by atoms with E-state index in [1.54, 1.807) is 0 Å². The molecule has 0 N–H and O–H groups in total. The zero-order valence-corrected chi connectivity index (χ0v) is 20.4. The molecule has 0 bridgehead atoms. The van der Waals surface area contributed by atoms with Crippen molar-refractivity contribution in [2.24, 2.45) is 0 Å². The normalized spacial score (nSPS) is 14.0. The molecule has 3 aromatic rings. The van der Waals surface area contributed by atoms with Crippen molar-refractivity contribution in [1.29, 1.82) is 0 Å². The highest BCUT2D eigenvalue weighted by Gasteiger charge is 2.28. The third kappa shape index (κ3) is 4.77. The van der Waals surface area contributed by atoms with Gasteiger partial charge in [0, 0.05) is 24.2 Å². The van der Waals surface area contributed by atoms with Crippen LogP contribution in [0.1, 0.15) is 43.0 Å². The Labute approximate surface area is 206 Å². The van der Waals surface area contributed by atoms with Crippen molar-refractivity contribution in [3.05, 3.63) is 69.2 Å². The van der Waals surface area contributed by atoms with E-state index in [0.717, 1.165) is 16.8 Å². The molecule has 0 aliphatic carbocycles. The molecule has 33 heavy (non-hydrogen) atoms. The molecule has 10 heteroatoms. The lowest BCUT2D eigenvalue weighted by atomic mass is 9.78. The van der Waals surface area contributed by atoms with Crippen molar-refractivity contribution in [3.8, 4) is 5.75 Å². The number of hydrogen-bond acceptors (Lipinski definition) is 4. The number of benzene rings is 2. The summed E-state index contributed by atoms with van der Waals surface area (Å²) < 4.78 is 33.2. The van der Waals surface area contributed by atoms with Crippen molar-refractivity contribution in [3.63, 3.8) is 0 Å². The molecule has 0 fully saturated rings. The Hall–Kier alpha value is -2.09. The Morgan fingerprint density at radius 2 is 1.70 bits per heavy atom. The molecule has 1 aliphatic rings. The number of halogens is 5. The first-order valence-corrected chi connectivity index (χ1v) is 11.7. The first kappa shape index (κ1) is 24.0. The second kappa shape index (κ2) is 9.65. The standard InChI is InChI=1S/C23H23Cl3F2N4O/c1-23(2,15-11-17(25)20(18(26)12-15)33-10-7-24)14-3-5-16(6-4-14)31-8-9-32-19(13-31)29-30-22(32)21(27)28/h3-6,11-12,21H,7-10,13H2,1-2H3. The van der Waals surface area contributed by atoms with Crippen LogP contribution in [0.4, 0.5) is 14.5 Å². The summed E-state index contributed by atoms with van der Waals surface area (Å²) >= 11 is 18.6. The number of anilines is 1. The summed E-state index contributed by atoms with van der Waals surface area (Å²) in [5.74, 6) is 1.05. The van der Waals surface area contributed by atoms with Crippen LogP contribution < -0.4 is 9.64 Å². The van der Waals surface area contributed by atoms with Gasteiger partial charge >= 0.3 is 0 Å². The molecule has 1 aromatic heterocycles. The molecule has 0 unspecified atom stereocenters. The van der Waals surface area contributed by atoms with Crippen LogP contribution in [0.25, 0.3) is 0 Å². The van der Waals surface area contributed by atoms with Gasteiger partial charge in [0.25, 0.3) is 6.43 Å². The molecule has 0 spiro atoms. The first-order chi connectivity index (χ1) is 15.7. The van der Waals surface area contributed by atoms with Crippen molar-refractivity contribution in [2.45, 2.75) is 38.8 Å². The Balaban J connectivity index is 1.54. The Bertz CT molecular complexity index is 1110. The number of rotatable bonds is 7. The summed E-state index contributed by atoms with van der Waals surface area (Å²) in [4.78, 5) is 2.10. The van der Waals surface area contributed by atoms with Crippen LogP contribution in [0, 0.1) is 0 Å². The van der Waals surface area contributed by atoms with Gasteiger partial charge in [-0.15, -0.1) is 21.8 Å². The maximum absolute atomic E-state index is 13.1. The van der Waals surface area contributed by atoms with Crippen LogP contribution in [0.2, 0.25) is 10.0 Å². The molecular formula is C23H23Cl3F2N4O. The molecule has 4 rings (SSSR count). The van der Waals surface area contributed by atoms with Crippen molar-refractivity contribution in [1.82, 2.24) is 14.8 Å². The first-order valence-electron chi connectivity index (χ1n) is 10.5. The summed E-state index contributed by atoms with van der Waals surface area (Å²) in [7, 11) is 0. The highest BCUT2D eigenvalue weighted by atomic mass is 35.5. The number of alkyl halides is 3. The van der Waals surface area contributed by atoms with E-state index in [1.807, 2.05) is 24.3 Å². The lowest BCUT2D eigenvalue weighted by molar-refractivity contribution is 0.134. The Kier molecular flexibility index (Phi) is 7.03. The second-order valence-corrected chi connectivity index (χ2v) is 9.52. The third-order valence-corrected chi connectivity index (χ3v) is 6.69. The highest BCUT2D eigenvalue weighted by Crippen LogP contribution is 2.41. The molecule has 0 saturated carbocycles. The fourth-order valence-corrected chi connectivity index (χ4v) is 4.69. The molecule has 2 heterocycles. The largest absolute Gasteiger partial charge is 0.489 e. The minimum absolute atomic E-state index is 0.266. The molecule has 5 nitrogen and oxygen atoms in total. The quantitative estimate of drug-likeness (QED) is 0.338. The van der Waals surface area contributed by atoms with Gasteiger partial charge in [-0.3, -0.25) is 0 Å². The van der Waals surface area contributed by atoms with Gasteiger partial charge in [0.05, 0.1) is 22.5 Å². The summed E-state index contributed by atoms with van der Waals surface area (Å²) in [5, 5.41) is 8.46. The number of nitrogens with zero attached hydrogens (tertiary/aromatic N) is 4. The van der Waals surface area contributed by atoms with Crippen LogP contribution in [0.15, 0.2) is 36.4 Å². The summed E-state index contributed by atoms with van der Waals surface area (Å²) in [5.41, 5.74) is 2.65. The van der Waals surface area contributed by atoms with Crippen molar-refractivity contribution < 1.29 is 13.5 Å². The van der Waals surface area contributed by atoms with E-state index >= 15 is 0 Å². The lowest BCUT2D eigenvalue weighted by Gasteiger charge is -2.31. The van der Waals surface area contributed by atoms with E-state index < -0.39 is 6.43 Å². The Morgan fingerprint density at radius 3 is 2.30 bits per heavy atom. The second-order valence-electron chi connectivity index (χ2n) is 8.33. The van der Waals surface area contributed by atoms with Crippen LogP contribution in [-0.4, -0.2) is 33.8 Å². The summed E-state index contributed by atoms with van der Waals surface area (Å²) in [6.07, 6.45) is -2.62. The van der Waals surface area contributed by atoms with Gasteiger partial charge < -0.3 is 14.2 Å². The van der Waals surface area contributed by atoms with E-state index in [4.69, 9.17) is 39.5 Å². The minimum Gasteiger partial charge on any atom is -0.489 e. The molecule has 0 saturated heterocycles. The number of ether oxygens (including phenoxy) is 1. The number of aromatic nitrogens is 3. The third-order valence-electron chi connectivity index (χ3n) is 5.97. The van der Waals surface area contributed by atoms with Crippen LogP contribution in [0.5, 0.6) is 5.75 Å². The SMILES string of the molecule is CC(C)(c1ccc(N2CCn3c(nnc3C(F)F)C2)cc1)c1cc(Cl)c(OCCCl)c(Cl)c1. The van der Waals surface area contributed by atoms with E-state index in [0.29, 0.717) is 53.7 Å². The molecule has 0 atom stereocenters. The average molecular weight is 516 g/mol. The lowest BCUT2D eigenvalue weighted by Crippen LogP contribution is -2.34. The minimum atomic E-state index is -2.62. The van der Waals surface area contributed by atoms with Crippen LogP contribution in [0.3, 0.4) is 0 Å². The van der Waals surface area contributed by atoms with Gasteiger partial charge in [-0.05, 0) is 35.4 Å². The molecule has 2 aromatic carbocycles. The predicted octanol–water partition coefficient (Wildman–Crippen LogP) is 6.49. The number of fused-ring (bicyclic) bond motifs is 1. The topological polar surface area (TPSA) is 43.2 Å². The van der Waals surface area contributed by atoms with Gasteiger partial charge in [0.2, 0.25) is 0 Å². The van der Waals surface area contributed by atoms with E-state index in [9.17, 15) is 8.78 Å². The molecule has 0 radical (unpaired) electrons. The maximum atomic E-state index is 13.1. The van der Waals surface area contributed by atoms with E-state index in [2.05, 4.69) is 41.1 Å². The smallest absolute Gasteiger partial charge is 0.297 e. The number of hydrogen-bond donors (Lipinski definition) is 0. The molecule has 176 valence electrons. The van der Waals surface area contributed by atoms with Crippen LogP contribution in [-0.2, 0) is 18.5 Å². The van der Waals surface area contributed by atoms with Gasteiger partial charge in [0.15, 0.2) is 17.4 Å². The zero-order chi connectivity index (χ0) is 23.8. The van der Waals surface area contributed by atoms with Gasteiger partial charge in [-0.1, -0.05) is 49.2 Å². The highest BCUT2D eigenvalue weighted by molar-refractivity contribution is 6.37. The van der Waals surface area contributed by atoms with Crippen molar-refractivity contribution in [2.75, 3.05) is 23.9 Å². The fourth-order valence-electron chi connectivity index (χ4n) is 4.02. The average Bonchev–Trinajstić information content (AvgIpc) is 3.22. The van der Waals surface area contributed by atoms with E-state index in [-0.39, 0.29) is 11.2 Å². The predicted molar refractivity (Wildman–Crippen MR) is 127 cm³/mol. The molecule has 0 amide bonds. The molecular weight excluding hydrogens is 493 g/mol. The Morgan fingerprint density at radius 1 is 1.03 bits per heavy atom. The zero-order valence-electron chi connectivity index (χ0n) is 18.2. The van der Waals surface area contributed by atoms with Gasteiger partial charge in [-0.2, -0.15) is 0 Å². The maximum Gasteiger partial charge on any atom is 0.297 e. The van der Waals surface area contributed by atoms with Gasteiger partial charge in [-0.25, -0.2) is 8.78 Å². The molecule has 1 aliphatic heterocycles. The van der Waals surface area contributed by atoms with Crippen molar-refractivity contribution >= 4 is 40.5 Å².